The Kier molecular flexibility index (Phi) is 5.53. The number of carbonyl (C=O) groups excluding carboxylic acids is 1. The molecule has 128 valence electrons. The standard InChI is InChI=1S/C20H19ClN2OS/c1-13-16(11-19(25-13)15-9-5-6-10-17(15)21)20(24)23-18(12-22)14-7-3-2-4-8-14/h2-11,18H,12,22H2,1H3,(H,23,24). The van der Waals surface area contributed by atoms with E-state index < -0.39 is 0 Å². The number of hydrogen-bond donors (Lipinski definition) is 2. The SMILES string of the molecule is Cc1sc(-c2ccccc2Cl)cc1C(=O)NC(CN)c1ccccc1. The van der Waals surface area contributed by atoms with E-state index in [4.69, 9.17) is 17.3 Å². The predicted octanol–water partition coefficient (Wildman–Crippen LogP) is 4.81. The molecule has 0 bridgehead atoms. The quantitative estimate of drug-likeness (QED) is 0.677. The van der Waals surface area contributed by atoms with Gasteiger partial charge in [-0.25, -0.2) is 0 Å². The van der Waals surface area contributed by atoms with Crippen LogP contribution in [0.2, 0.25) is 5.02 Å². The highest BCUT2D eigenvalue weighted by Gasteiger charge is 2.19. The molecule has 1 heterocycles. The molecule has 0 aliphatic carbocycles. The molecule has 1 unspecified atom stereocenters. The third-order valence-electron chi connectivity index (χ3n) is 4.04. The van der Waals surface area contributed by atoms with Crippen molar-refractivity contribution in [3.8, 4) is 10.4 Å². The van der Waals surface area contributed by atoms with E-state index in [0.29, 0.717) is 17.1 Å². The molecule has 3 nitrogen and oxygen atoms in total. The average Bonchev–Trinajstić information content (AvgIpc) is 3.02. The monoisotopic (exact) mass is 370 g/mol. The van der Waals surface area contributed by atoms with Gasteiger partial charge in [0.1, 0.15) is 0 Å². The number of carbonyl (C=O) groups is 1. The number of amides is 1. The van der Waals surface area contributed by atoms with Crippen LogP contribution in [0.3, 0.4) is 0 Å². The highest BCUT2D eigenvalue weighted by molar-refractivity contribution is 7.15. The fourth-order valence-electron chi connectivity index (χ4n) is 2.70. The molecule has 25 heavy (non-hydrogen) atoms. The minimum absolute atomic E-state index is 0.119. The van der Waals surface area contributed by atoms with E-state index in [1.165, 1.54) is 0 Å². The molecule has 0 fully saturated rings. The van der Waals surface area contributed by atoms with E-state index in [9.17, 15) is 4.79 Å². The Morgan fingerprint density at radius 2 is 1.84 bits per heavy atom. The molecule has 0 aliphatic rings. The molecule has 3 aromatic rings. The van der Waals surface area contributed by atoms with Crippen LogP contribution in [-0.2, 0) is 0 Å². The maximum atomic E-state index is 12.7. The fraction of sp³-hybridized carbons (Fsp3) is 0.150. The molecule has 0 radical (unpaired) electrons. The highest BCUT2D eigenvalue weighted by Crippen LogP contribution is 2.35. The van der Waals surface area contributed by atoms with Crippen molar-refractivity contribution in [3.05, 3.63) is 81.7 Å². The van der Waals surface area contributed by atoms with Gasteiger partial charge >= 0.3 is 0 Å². The molecule has 5 heteroatoms. The fourth-order valence-corrected chi connectivity index (χ4v) is 4.05. The summed E-state index contributed by atoms with van der Waals surface area (Å²) in [5.74, 6) is -0.119. The van der Waals surface area contributed by atoms with E-state index in [1.54, 1.807) is 11.3 Å². The van der Waals surface area contributed by atoms with Gasteiger partial charge in [-0.2, -0.15) is 0 Å². The van der Waals surface area contributed by atoms with Crippen molar-refractivity contribution in [3.63, 3.8) is 0 Å². The number of nitrogens with two attached hydrogens (primary N) is 1. The summed E-state index contributed by atoms with van der Waals surface area (Å²) in [6.07, 6.45) is 0. The summed E-state index contributed by atoms with van der Waals surface area (Å²) >= 11 is 7.84. The van der Waals surface area contributed by atoms with Crippen molar-refractivity contribution in [1.29, 1.82) is 0 Å². The van der Waals surface area contributed by atoms with Crippen LogP contribution in [0.25, 0.3) is 10.4 Å². The van der Waals surface area contributed by atoms with Crippen LogP contribution in [-0.4, -0.2) is 12.5 Å². The Hall–Kier alpha value is -2.14. The van der Waals surface area contributed by atoms with Gasteiger partial charge in [-0.15, -0.1) is 11.3 Å². The molecule has 0 saturated carbocycles. The van der Waals surface area contributed by atoms with Crippen LogP contribution in [0.5, 0.6) is 0 Å². The lowest BCUT2D eigenvalue weighted by Crippen LogP contribution is -2.33. The normalized spacial score (nSPS) is 12.0. The van der Waals surface area contributed by atoms with Gasteiger partial charge in [0.15, 0.2) is 0 Å². The van der Waals surface area contributed by atoms with Crippen molar-refractivity contribution in [2.45, 2.75) is 13.0 Å². The summed E-state index contributed by atoms with van der Waals surface area (Å²) in [5.41, 5.74) is 8.45. The maximum Gasteiger partial charge on any atom is 0.252 e. The Bertz CT molecular complexity index is 876. The van der Waals surface area contributed by atoms with Gasteiger partial charge in [0.05, 0.1) is 11.6 Å². The summed E-state index contributed by atoms with van der Waals surface area (Å²) in [5, 5.41) is 3.71. The Morgan fingerprint density at radius 1 is 1.16 bits per heavy atom. The van der Waals surface area contributed by atoms with Crippen molar-refractivity contribution in [1.82, 2.24) is 5.32 Å². The Morgan fingerprint density at radius 3 is 2.52 bits per heavy atom. The zero-order valence-corrected chi connectivity index (χ0v) is 15.4. The van der Waals surface area contributed by atoms with Gasteiger partial charge in [0.25, 0.3) is 5.91 Å². The van der Waals surface area contributed by atoms with E-state index in [0.717, 1.165) is 20.9 Å². The zero-order chi connectivity index (χ0) is 17.8. The van der Waals surface area contributed by atoms with Crippen molar-refractivity contribution in [2.75, 3.05) is 6.54 Å². The van der Waals surface area contributed by atoms with Gasteiger partial charge in [-0.3, -0.25) is 4.79 Å². The Labute approximate surface area is 156 Å². The lowest BCUT2D eigenvalue weighted by atomic mass is 10.1. The van der Waals surface area contributed by atoms with Crippen molar-refractivity contribution >= 4 is 28.8 Å². The molecule has 0 spiro atoms. The second-order valence-corrected chi connectivity index (χ2v) is 7.40. The molecule has 3 rings (SSSR count). The smallest absolute Gasteiger partial charge is 0.252 e. The molecule has 0 aliphatic heterocycles. The third-order valence-corrected chi connectivity index (χ3v) is 5.46. The molecule has 0 saturated heterocycles. The summed E-state index contributed by atoms with van der Waals surface area (Å²) in [4.78, 5) is 14.7. The summed E-state index contributed by atoms with van der Waals surface area (Å²) < 4.78 is 0. The van der Waals surface area contributed by atoms with Gasteiger partial charge in [-0.1, -0.05) is 60.1 Å². The average molecular weight is 371 g/mol. The number of hydrogen-bond acceptors (Lipinski definition) is 3. The first-order valence-electron chi connectivity index (χ1n) is 8.01. The van der Waals surface area contributed by atoms with Gasteiger partial charge in [0.2, 0.25) is 0 Å². The van der Waals surface area contributed by atoms with E-state index in [2.05, 4.69) is 5.32 Å². The van der Waals surface area contributed by atoms with Gasteiger partial charge in [-0.05, 0) is 24.6 Å². The first-order valence-corrected chi connectivity index (χ1v) is 9.21. The van der Waals surface area contributed by atoms with Crippen LogP contribution >= 0.6 is 22.9 Å². The zero-order valence-electron chi connectivity index (χ0n) is 13.8. The second-order valence-electron chi connectivity index (χ2n) is 5.73. The van der Waals surface area contributed by atoms with Crippen molar-refractivity contribution in [2.24, 2.45) is 5.73 Å². The van der Waals surface area contributed by atoms with Gasteiger partial charge in [0, 0.05) is 26.9 Å². The van der Waals surface area contributed by atoms with E-state index in [1.807, 2.05) is 67.6 Å². The number of aryl methyl sites for hydroxylation is 1. The largest absolute Gasteiger partial charge is 0.344 e. The molecular weight excluding hydrogens is 352 g/mol. The van der Waals surface area contributed by atoms with Crippen LogP contribution in [0, 0.1) is 6.92 Å². The number of rotatable bonds is 5. The van der Waals surface area contributed by atoms with Crippen molar-refractivity contribution < 1.29 is 4.79 Å². The molecule has 3 N–H and O–H groups in total. The molecule has 1 atom stereocenters. The number of nitrogens with one attached hydrogen (secondary N) is 1. The lowest BCUT2D eigenvalue weighted by molar-refractivity contribution is 0.0938. The molecule has 2 aromatic carbocycles. The minimum Gasteiger partial charge on any atom is -0.344 e. The maximum absolute atomic E-state index is 12.7. The van der Waals surface area contributed by atoms with Gasteiger partial charge < -0.3 is 11.1 Å². The van der Waals surface area contributed by atoms with Crippen LogP contribution in [0.4, 0.5) is 0 Å². The number of benzene rings is 2. The molecular formula is C20H19ClN2OS. The summed E-state index contributed by atoms with van der Waals surface area (Å²) in [6, 6.07) is 19.1. The molecule has 1 aromatic heterocycles. The first-order chi connectivity index (χ1) is 12.1. The summed E-state index contributed by atoms with van der Waals surface area (Å²) in [6.45, 7) is 2.29. The van der Waals surface area contributed by atoms with E-state index >= 15 is 0 Å². The Balaban J connectivity index is 1.84. The first kappa shape index (κ1) is 17.7. The predicted molar refractivity (Wildman–Crippen MR) is 105 cm³/mol. The van der Waals surface area contributed by atoms with Crippen LogP contribution < -0.4 is 11.1 Å². The van der Waals surface area contributed by atoms with E-state index in [-0.39, 0.29) is 11.9 Å². The molecule has 1 amide bonds. The highest BCUT2D eigenvalue weighted by atomic mass is 35.5. The topological polar surface area (TPSA) is 55.1 Å². The van der Waals surface area contributed by atoms with Crippen LogP contribution in [0.1, 0.15) is 26.8 Å². The number of halogens is 1. The minimum atomic E-state index is -0.211. The summed E-state index contributed by atoms with van der Waals surface area (Å²) in [7, 11) is 0. The lowest BCUT2D eigenvalue weighted by Gasteiger charge is -2.17. The second kappa shape index (κ2) is 7.83. The number of thiophene rings is 1. The third kappa shape index (κ3) is 3.93. The van der Waals surface area contributed by atoms with Crippen LogP contribution in [0.15, 0.2) is 60.7 Å².